The molecule has 2 aromatic carbocycles. The molecule has 2 amide bonds. The number of carbonyl (C=O) groups excluding carboxylic acids is 2. The van der Waals surface area contributed by atoms with E-state index in [1.54, 1.807) is 66.7 Å². The Hall–Kier alpha value is -4.38. The van der Waals surface area contributed by atoms with E-state index in [0.29, 0.717) is 41.4 Å². The molecule has 3 aromatic rings. The van der Waals surface area contributed by atoms with Gasteiger partial charge in [0, 0.05) is 49.7 Å². The second-order valence-corrected chi connectivity index (χ2v) is 10.6. The molecule has 1 atom stereocenters. The fraction of sp³-hybridized carbons (Fsp3) is 0.455. The largest absolute Gasteiger partial charge is 0.497 e. The summed E-state index contributed by atoms with van der Waals surface area (Å²) < 4.78 is 16.9. The molecule has 0 fully saturated rings. The second-order valence-electron chi connectivity index (χ2n) is 10.6. The lowest BCUT2D eigenvalue weighted by Gasteiger charge is -2.27. The number of carbonyl (C=O) groups is 2. The van der Waals surface area contributed by atoms with Crippen LogP contribution in [0.1, 0.15) is 51.4 Å². The van der Waals surface area contributed by atoms with Crippen LogP contribution in [0.5, 0.6) is 11.5 Å². The van der Waals surface area contributed by atoms with E-state index >= 15 is 0 Å². The molecule has 0 radical (unpaired) electrons. The predicted molar refractivity (Wildman–Crippen MR) is 174 cm³/mol. The fourth-order valence-corrected chi connectivity index (χ4v) is 4.67. The van der Waals surface area contributed by atoms with E-state index < -0.39 is 6.09 Å². The number of amides is 2. The van der Waals surface area contributed by atoms with Crippen molar-refractivity contribution in [2.75, 3.05) is 57.7 Å². The van der Waals surface area contributed by atoms with Gasteiger partial charge in [-0.15, -0.1) is 0 Å². The van der Waals surface area contributed by atoms with Crippen LogP contribution in [-0.2, 0) is 4.74 Å². The van der Waals surface area contributed by atoms with Gasteiger partial charge in [0.25, 0.3) is 5.91 Å². The topological polar surface area (TPSA) is 109 Å². The average molecular weight is 607 g/mol. The summed E-state index contributed by atoms with van der Waals surface area (Å²) >= 11 is 0. The standard InChI is InChI=1S/C33H46N6O5/c1-9-28(23(4)5)44-33(41)39(27-17-16-26(42-7)22-29(27)43-8)30-18-19-34-32(36-30)35-25-14-12-24(13-15-25)31(40)37(6)20-21-38(10-2)11-3/h12-19,22-23,28H,9-11,20-21H2,1-8H3,(H,34,35,36). The molecule has 238 valence electrons. The normalized spacial score (nSPS) is 11.7. The highest BCUT2D eigenvalue weighted by Crippen LogP contribution is 2.37. The van der Waals surface area contributed by atoms with Crippen molar-refractivity contribution in [3.05, 3.63) is 60.3 Å². The molecule has 1 aromatic heterocycles. The first-order valence-corrected chi connectivity index (χ1v) is 15.1. The van der Waals surface area contributed by atoms with Crippen molar-refractivity contribution in [1.29, 1.82) is 0 Å². The Bertz CT molecular complexity index is 1360. The zero-order valence-corrected chi connectivity index (χ0v) is 27.2. The van der Waals surface area contributed by atoms with Crippen LogP contribution in [0.4, 0.5) is 27.9 Å². The number of hydrogen-bond acceptors (Lipinski definition) is 9. The van der Waals surface area contributed by atoms with Gasteiger partial charge in [0.15, 0.2) is 0 Å². The number of ether oxygens (including phenoxy) is 3. The van der Waals surface area contributed by atoms with Crippen molar-refractivity contribution in [2.24, 2.45) is 5.92 Å². The van der Waals surface area contributed by atoms with E-state index in [9.17, 15) is 9.59 Å². The minimum atomic E-state index is -0.591. The monoisotopic (exact) mass is 606 g/mol. The van der Waals surface area contributed by atoms with Gasteiger partial charge in [-0.1, -0.05) is 34.6 Å². The highest BCUT2D eigenvalue weighted by molar-refractivity contribution is 5.97. The van der Waals surface area contributed by atoms with Crippen LogP contribution in [0.15, 0.2) is 54.7 Å². The number of nitrogens with one attached hydrogen (secondary N) is 1. The van der Waals surface area contributed by atoms with Crippen molar-refractivity contribution in [3.8, 4) is 11.5 Å². The van der Waals surface area contributed by atoms with Gasteiger partial charge in [0.05, 0.1) is 19.9 Å². The smallest absolute Gasteiger partial charge is 0.420 e. The summed E-state index contributed by atoms with van der Waals surface area (Å²) in [7, 11) is 4.90. The van der Waals surface area contributed by atoms with Crippen LogP contribution < -0.4 is 19.7 Å². The zero-order valence-electron chi connectivity index (χ0n) is 27.2. The fourth-order valence-electron chi connectivity index (χ4n) is 4.67. The lowest BCUT2D eigenvalue weighted by atomic mass is 10.1. The number of anilines is 4. The van der Waals surface area contributed by atoms with Gasteiger partial charge >= 0.3 is 6.09 Å². The quantitative estimate of drug-likeness (QED) is 0.211. The van der Waals surface area contributed by atoms with E-state index in [1.807, 2.05) is 27.8 Å². The number of methoxy groups -OCH3 is 2. The molecule has 11 heteroatoms. The lowest BCUT2D eigenvalue weighted by molar-refractivity contribution is 0.0757. The number of nitrogens with zero attached hydrogens (tertiary/aromatic N) is 5. The van der Waals surface area contributed by atoms with E-state index in [4.69, 9.17) is 14.2 Å². The van der Waals surface area contributed by atoms with Crippen LogP contribution in [0, 0.1) is 5.92 Å². The molecule has 44 heavy (non-hydrogen) atoms. The summed E-state index contributed by atoms with van der Waals surface area (Å²) in [5, 5.41) is 3.17. The van der Waals surface area contributed by atoms with Crippen LogP contribution in [0.2, 0.25) is 0 Å². The maximum Gasteiger partial charge on any atom is 0.420 e. The minimum absolute atomic E-state index is 0.0451. The van der Waals surface area contributed by atoms with E-state index in [1.165, 1.54) is 12.0 Å². The molecule has 3 rings (SSSR count). The predicted octanol–water partition coefficient (Wildman–Crippen LogP) is 6.36. The summed E-state index contributed by atoms with van der Waals surface area (Å²) in [5.41, 5.74) is 1.71. The minimum Gasteiger partial charge on any atom is -0.497 e. The first-order chi connectivity index (χ1) is 21.1. The molecular formula is C33H46N6O5. The highest BCUT2D eigenvalue weighted by Gasteiger charge is 2.28. The summed E-state index contributed by atoms with van der Waals surface area (Å²) in [4.78, 5) is 41.0. The van der Waals surface area contributed by atoms with Crippen molar-refractivity contribution in [2.45, 2.75) is 47.1 Å². The number of benzene rings is 2. The average Bonchev–Trinajstić information content (AvgIpc) is 3.04. The van der Waals surface area contributed by atoms with Gasteiger partial charge in [-0.3, -0.25) is 4.79 Å². The van der Waals surface area contributed by atoms with Crippen LogP contribution in [0.3, 0.4) is 0 Å². The Morgan fingerprint density at radius 3 is 2.23 bits per heavy atom. The van der Waals surface area contributed by atoms with Crippen LogP contribution >= 0.6 is 0 Å². The van der Waals surface area contributed by atoms with Crippen molar-refractivity contribution in [3.63, 3.8) is 0 Å². The Balaban J connectivity index is 1.86. The number of hydrogen-bond donors (Lipinski definition) is 1. The molecule has 1 heterocycles. The van der Waals surface area contributed by atoms with Gasteiger partial charge in [0.2, 0.25) is 5.95 Å². The number of rotatable bonds is 15. The maximum absolute atomic E-state index is 13.7. The van der Waals surface area contributed by atoms with Crippen LogP contribution in [-0.4, -0.2) is 85.3 Å². The maximum atomic E-state index is 13.7. The summed E-state index contributed by atoms with van der Waals surface area (Å²) in [5.74, 6) is 1.62. The third-order valence-electron chi connectivity index (χ3n) is 7.46. The van der Waals surface area contributed by atoms with E-state index in [2.05, 4.69) is 34.0 Å². The summed E-state index contributed by atoms with van der Waals surface area (Å²) in [6.07, 6.45) is 1.35. The second kappa shape index (κ2) is 16.5. The molecule has 0 saturated heterocycles. The van der Waals surface area contributed by atoms with Gasteiger partial charge in [-0.25, -0.2) is 14.7 Å². The Morgan fingerprint density at radius 2 is 1.64 bits per heavy atom. The van der Waals surface area contributed by atoms with Gasteiger partial charge in [-0.05, 0) is 61.8 Å². The van der Waals surface area contributed by atoms with Crippen LogP contribution in [0.25, 0.3) is 0 Å². The SMILES string of the molecule is CCC(OC(=O)N(c1ccnc(Nc2ccc(C(=O)N(C)CCN(CC)CC)cc2)n1)c1ccc(OC)cc1OC)C(C)C. The molecule has 0 saturated carbocycles. The third kappa shape index (κ3) is 8.82. The molecule has 0 spiro atoms. The van der Waals surface area contributed by atoms with Crippen molar-refractivity contribution < 1.29 is 23.8 Å². The van der Waals surface area contributed by atoms with E-state index in [0.717, 1.165) is 19.6 Å². The van der Waals surface area contributed by atoms with Gasteiger partial charge < -0.3 is 29.3 Å². The third-order valence-corrected chi connectivity index (χ3v) is 7.46. The molecule has 1 N–H and O–H groups in total. The Kier molecular flexibility index (Phi) is 12.8. The molecule has 1 unspecified atom stereocenters. The Labute approximate surface area is 261 Å². The molecule has 11 nitrogen and oxygen atoms in total. The van der Waals surface area contributed by atoms with E-state index in [-0.39, 0.29) is 29.7 Å². The zero-order chi connectivity index (χ0) is 32.2. The highest BCUT2D eigenvalue weighted by atomic mass is 16.6. The molecular weight excluding hydrogens is 560 g/mol. The van der Waals surface area contributed by atoms with Gasteiger partial charge in [0.1, 0.15) is 23.4 Å². The first-order valence-electron chi connectivity index (χ1n) is 15.1. The molecule has 0 aliphatic carbocycles. The summed E-state index contributed by atoms with van der Waals surface area (Å²) in [6, 6.07) is 13.9. The Morgan fingerprint density at radius 1 is 0.932 bits per heavy atom. The number of aromatic nitrogens is 2. The lowest BCUT2D eigenvalue weighted by Crippen LogP contribution is -2.36. The molecule has 0 bridgehead atoms. The summed E-state index contributed by atoms with van der Waals surface area (Å²) in [6.45, 7) is 13.6. The molecule has 0 aliphatic rings. The van der Waals surface area contributed by atoms with Crippen molar-refractivity contribution >= 4 is 35.1 Å². The number of likely N-dealkylation sites (N-methyl/N-ethyl adjacent to an activating group) is 2. The first kappa shape index (κ1) is 34.1. The van der Waals surface area contributed by atoms with Crippen molar-refractivity contribution in [1.82, 2.24) is 19.8 Å². The van der Waals surface area contributed by atoms with Gasteiger partial charge in [-0.2, -0.15) is 4.98 Å². The molecule has 0 aliphatic heterocycles.